The van der Waals surface area contributed by atoms with Gasteiger partial charge in [-0.2, -0.15) is 13.2 Å². The third kappa shape index (κ3) is 3.16. The maximum atomic E-state index is 12.9. The Bertz CT molecular complexity index is 502. The zero-order valence-corrected chi connectivity index (χ0v) is 11.9. The first-order valence-electron chi connectivity index (χ1n) is 7.21. The Kier molecular flexibility index (Phi) is 3.84. The molecule has 6 heteroatoms. The molecule has 0 spiro atoms. The predicted molar refractivity (Wildman–Crippen MR) is 73.3 cm³/mol. The molecule has 1 saturated carbocycles. The van der Waals surface area contributed by atoms with Crippen molar-refractivity contribution < 1.29 is 17.9 Å². The molecule has 1 aliphatic carbocycles. The van der Waals surface area contributed by atoms with Crippen LogP contribution in [0, 0.1) is 0 Å². The van der Waals surface area contributed by atoms with Crippen LogP contribution in [0.2, 0.25) is 0 Å². The summed E-state index contributed by atoms with van der Waals surface area (Å²) in [6.45, 7) is -0.582. The second-order valence-electron chi connectivity index (χ2n) is 5.70. The molecule has 0 bridgehead atoms. The minimum absolute atomic E-state index is 0.0290. The number of nitrogens with one attached hydrogen (secondary N) is 1. The summed E-state index contributed by atoms with van der Waals surface area (Å²) in [6.07, 6.45) is -2.51. The first-order valence-corrected chi connectivity index (χ1v) is 7.21. The van der Waals surface area contributed by atoms with Crippen molar-refractivity contribution in [3.8, 4) is 5.75 Å². The topological polar surface area (TPSA) is 24.5 Å². The van der Waals surface area contributed by atoms with E-state index < -0.39 is 12.7 Å². The van der Waals surface area contributed by atoms with Crippen LogP contribution in [-0.2, 0) is 0 Å². The van der Waals surface area contributed by atoms with Gasteiger partial charge in [-0.1, -0.05) is 18.2 Å². The lowest BCUT2D eigenvalue weighted by molar-refractivity contribution is -0.156. The fourth-order valence-electron chi connectivity index (χ4n) is 3.11. The molecular formula is C15H19F3N2O. The van der Waals surface area contributed by atoms with Gasteiger partial charge in [-0.15, -0.1) is 0 Å². The van der Waals surface area contributed by atoms with E-state index in [1.165, 1.54) is 0 Å². The summed E-state index contributed by atoms with van der Waals surface area (Å²) in [4.78, 5) is 1.57. The average Bonchev–Trinajstić information content (AvgIpc) is 3.27. The Morgan fingerprint density at radius 2 is 2.00 bits per heavy atom. The molecule has 1 fully saturated rings. The fraction of sp³-hybridized carbons (Fsp3) is 0.600. The van der Waals surface area contributed by atoms with Crippen molar-refractivity contribution in [2.75, 3.05) is 20.2 Å². The van der Waals surface area contributed by atoms with E-state index in [0.29, 0.717) is 0 Å². The molecule has 3 rings (SSSR count). The SMILES string of the molecule is CNC1c2ccccc2OCC1N(CC(F)(F)F)C1CC1. The molecule has 1 N–H and O–H groups in total. The lowest BCUT2D eigenvalue weighted by Crippen LogP contribution is -2.53. The largest absolute Gasteiger partial charge is 0.492 e. The highest BCUT2D eigenvalue weighted by molar-refractivity contribution is 5.38. The van der Waals surface area contributed by atoms with Gasteiger partial charge in [0.25, 0.3) is 0 Å². The number of para-hydroxylation sites is 1. The summed E-state index contributed by atoms with van der Waals surface area (Å²) < 4.78 is 44.3. The smallest absolute Gasteiger partial charge is 0.401 e. The van der Waals surface area contributed by atoms with Crippen LogP contribution in [0.4, 0.5) is 13.2 Å². The number of alkyl halides is 3. The first-order chi connectivity index (χ1) is 9.99. The minimum atomic E-state index is -4.18. The van der Waals surface area contributed by atoms with E-state index in [1.54, 1.807) is 11.9 Å². The zero-order chi connectivity index (χ0) is 15.0. The molecule has 2 atom stereocenters. The number of nitrogens with zero attached hydrogens (tertiary/aromatic N) is 1. The highest BCUT2D eigenvalue weighted by Crippen LogP contribution is 2.39. The Morgan fingerprint density at radius 3 is 2.62 bits per heavy atom. The Morgan fingerprint density at radius 1 is 1.29 bits per heavy atom. The van der Waals surface area contributed by atoms with E-state index in [1.807, 2.05) is 24.3 Å². The average molecular weight is 300 g/mol. The van der Waals surface area contributed by atoms with Gasteiger partial charge in [-0.3, -0.25) is 4.90 Å². The molecule has 0 aromatic heterocycles. The third-order valence-corrected chi connectivity index (χ3v) is 4.16. The summed E-state index contributed by atoms with van der Waals surface area (Å²) in [5, 5.41) is 3.17. The maximum absolute atomic E-state index is 12.9. The normalized spacial score (nSPS) is 25.6. The lowest BCUT2D eigenvalue weighted by Gasteiger charge is -2.41. The second kappa shape index (κ2) is 5.50. The summed E-state index contributed by atoms with van der Waals surface area (Å²) in [5.74, 6) is 0.760. The molecule has 1 aliphatic heterocycles. The minimum Gasteiger partial charge on any atom is -0.492 e. The number of ether oxygens (including phenoxy) is 1. The summed E-state index contributed by atoms with van der Waals surface area (Å²) in [6, 6.07) is 7.14. The molecule has 1 aromatic rings. The molecule has 0 saturated heterocycles. The molecule has 1 heterocycles. The zero-order valence-electron chi connectivity index (χ0n) is 11.9. The lowest BCUT2D eigenvalue weighted by atomic mass is 9.95. The Balaban J connectivity index is 1.86. The van der Waals surface area contributed by atoms with Gasteiger partial charge in [0, 0.05) is 11.6 Å². The molecule has 3 nitrogen and oxygen atoms in total. The second-order valence-corrected chi connectivity index (χ2v) is 5.70. The van der Waals surface area contributed by atoms with Crippen LogP contribution in [0.3, 0.4) is 0 Å². The van der Waals surface area contributed by atoms with Crippen LogP contribution in [0.15, 0.2) is 24.3 Å². The standard InChI is InChI=1S/C15H19F3N2O/c1-19-14-11-4-2-3-5-13(11)21-8-12(14)20(10-6-7-10)9-15(16,17)18/h2-5,10,12,14,19H,6-9H2,1H3. The van der Waals surface area contributed by atoms with E-state index in [4.69, 9.17) is 4.74 Å². The van der Waals surface area contributed by atoms with Crippen molar-refractivity contribution in [1.82, 2.24) is 10.2 Å². The first kappa shape index (κ1) is 14.7. The molecule has 0 radical (unpaired) electrons. The summed E-state index contributed by atoms with van der Waals surface area (Å²) in [7, 11) is 1.79. The van der Waals surface area contributed by atoms with Crippen molar-refractivity contribution in [1.29, 1.82) is 0 Å². The van der Waals surface area contributed by atoms with E-state index >= 15 is 0 Å². The van der Waals surface area contributed by atoms with Crippen LogP contribution < -0.4 is 10.1 Å². The van der Waals surface area contributed by atoms with Gasteiger partial charge in [0.1, 0.15) is 12.4 Å². The van der Waals surface area contributed by atoms with Crippen LogP contribution in [0.25, 0.3) is 0 Å². The number of rotatable bonds is 4. The maximum Gasteiger partial charge on any atom is 0.401 e. The highest BCUT2D eigenvalue weighted by atomic mass is 19.4. The number of benzene rings is 1. The van der Waals surface area contributed by atoms with Crippen LogP contribution in [-0.4, -0.2) is 43.4 Å². The Labute approximate surface area is 122 Å². The predicted octanol–water partition coefficient (Wildman–Crippen LogP) is 2.73. The van der Waals surface area contributed by atoms with Crippen molar-refractivity contribution in [3.63, 3.8) is 0 Å². The van der Waals surface area contributed by atoms with Gasteiger partial charge in [0.15, 0.2) is 0 Å². The molecule has 116 valence electrons. The molecule has 0 amide bonds. The summed E-state index contributed by atoms with van der Waals surface area (Å²) in [5.41, 5.74) is 0.934. The van der Waals surface area contributed by atoms with Gasteiger partial charge in [-0.25, -0.2) is 0 Å². The molecule has 1 aromatic carbocycles. The van der Waals surface area contributed by atoms with E-state index in [9.17, 15) is 13.2 Å². The number of halogens is 3. The van der Waals surface area contributed by atoms with E-state index in [0.717, 1.165) is 24.2 Å². The fourth-order valence-corrected chi connectivity index (χ4v) is 3.11. The van der Waals surface area contributed by atoms with Gasteiger partial charge < -0.3 is 10.1 Å². The van der Waals surface area contributed by atoms with Gasteiger partial charge >= 0.3 is 6.18 Å². The quantitative estimate of drug-likeness (QED) is 0.925. The van der Waals surface area contributed by atoms with Gasteiger partial charge in [-0.05, 0) is 26.0 Å². The monoisotopic (exact) mass is 300 g/mol. The van der Waals surface area contributed by atoms with Crippen molar-refractivity contribution in [2.24, 2.45) is 0 Å². The number of likely N-dealkylation sites (N-methyl/N-ethyl adjacent to an activating group) is 1. The molecule has 21 heavy (non-hydrogen) atoms. The van der Waals surface area contributed by atoms with E-state index in [2.05, 4.69) is 5.32 Å². The van der Waals surface area contributed by atoms with E-state index in [-0.39, 0.29) is 24.7 Å². The molecule has 2 aliphatic rings. The van der Waals surface area contributed by atoms with Crippen LogP contribution in [0.5, 0.6) is 5.75 Å². The van der Waals surface area contributed by atoms with Crippen molar-refractivity contribution in [2.45, 2.75) is 37.1 Å². The van der Waals surface area contributed by atoms with Gasteiger partial charge in [0.2, 0.25) is 0 Å². The van der Waals surface area contributed by atoms with Crippen LogP contribution in [0.1, 0.15) is 24.4 Å². The van der Waals surface area contributed by atoms with Crippen molar-refractivity contribution in [3.05, 3.63) is 29.8 Å². The Hall–Kier alpha value is -1.27. The summed E-state index contributed by atoms with van der Waals surface area (Å²) >= 11 is 0. The number of fused-ring (bicyclic) bond motifs is 1. The molecule has 2 unspecified atom stereocenters. The van der Waals surface area contributed by atoms with Crippen molar-refractivity contribution >= 4 is 0 Å². The van der Waals surface area contributed by atoms with Gasteiger partial charge in [0.05, 0.1) is 18.6 Å². The number of hydrogen-bond acceptors (Lipinski definition) is 3. The molecular weight excluding hydrogens is 281 g/mol. The number of hydrogen-bond donors (Lipinski definition) is 1. The highest BCUT2D eigenvalue weighted by Gasteiger charge is 2.45. The van der Waals surface area contributed by atoms with Crippen LogP contribution >= 0.6 is 0 Å². The third-order valence-electron chi connectivity index (χ3n) is 4.16.